The van der Waals surface area contributed by atoms with E-state index in [1.807, 2.05) is 0 Å². The molecule has 0 radical (unpaired) electrons. The van der Waals surface area contributed by atoms with Gasteiger partial charge in [0.15, 0.2) is 0 Å². The summed E-state index contributed by atoms with van der Waals surface area (Å²) in [7, 11) is 0. The van der Waals surface area contributed by atoms with Crippen molar-refractivity contribution in [2.45, 2.75) is 44.8 Å². The van der Waals surface area contributed by atoms with Crippen LogP contribution in [-0.2, 0) is 11.3 Å². The van der Waals surface area contributed by atoms with Crippen molar-refractivity contribution >= 4 is 5.91 Å². The maximum absolute atomic E-state index is 12.3. The highest BCUT2D eigenvalue weighted by molar-refractivity contribution is 5.79. The molecule has 0 N–H and O–H groups in total. The molecular weight excluding hydrogens is 260 g/mol. The Bertz CT molecular complexity index is 529. The molecule has 4 saturated heterocycles. The average Bonchev–Trinajstić information content (AvgIpc) is 2.66. The van der Waals surface area contributed by atoms with Crippen LogP contribution in [0.2, 0.25) is 0 Å². The van der Waals surface area contributed by atoms with Gasteiger partial charge in [-0.2, -0.15) is 0 Å². The Balaban J connectivity index is 1.61. The highest BCUT2D eigenvalue weighted by atomic mass is 16.2. The minimum absolute atomic E-state index is 0.394. The highest BCUT2D eigenvalue weighted by Gasteiger charge is 2.49. The third kappa shape index (κ3) is 2.28. The van der Waals surface area contributed by atoms with Crippen LogP contribution in [0.5, 0.6) is 0 Å². The van der Waals surface area contributed by atoms with Crippen LogP contribution < -0.4 is 0 Å². The fourth-order valence-corrected chi connectivity index (χ4v) is 4.76. The van der Waals surface area contributed by atoms with E-state index in [1.54, 1.807) is 0 Å². The van der Waals surface area contributed by atoms with Crippen LogP contribution in [-0.4, -0.2) is 40.9 Å². The lowest BCUT2D eigenvalue weighted by Crippen LogP contribution is -2.49. The smallest absolute Gasteiger partial charge is 0.223 e. The van der Waals surface area contributed by atoms with Gasteiger partial charge in [-0.15, -0.1) is 0 Å². The minimum Gasteiger partial charge on any atom is -0.338 e. The lowest BCUT2D eigenvalue weighted by molar-refractivity contribution is -0.129. The van der Waals surface area contributed by atoms with E-state index in [0.29, 0.717) is 29.8 Å². The topological polar surface area (TPSA) is 23.6 Å². The second kappa shape index (κ2) is 5.13. The number of fused-ring (bicyclic) bond motifs is 2. The molecule has 3 heteroatoms. The van der Waals surface area contributed by atoms with Crippen LogP contribution in [0.25, 0.3) is 0 Å². The van der Waals surface area contributed by atoms with Crippen LogP contribution in [0.4, 0.5) is 0 Å². The number of hydrogen-bond donors (Lipinski definition) is 0. The van der Waals surface area contributed by atoms with E-state index in [-0.39, 0.29) is 0 Å². The highest BCUT2D eigenvalue weighted by Crippen LogP contribution is 2.40. The number of piperidine rings is 1. The van der Waals surface area contributed by atoms with Crippen molar-refractivity contribution in [3.05, 3.63) is 35.9 Å². The standard InChI is InChI=1S/C18H24N2O/c1-13-9-17(21)20-12-15-7-8-16(18(13)20)19(11-15)10-14-5-3-2-4-6-14/h2-6,13,15-16,18H,7-12H2,1H3/t13-,15+,16+,18-/m0/s1. The number of amides is 1. The van der Waals surface area contributed by atoms with E-state index in [4.69, 9.17) is 0 Å². The Labute approximate surface area is 126 Å². The van der Waals surface area contributed by atoms with Crippen LogP contribution in [0.3, 0.4) is 0 Å². The molecule has 0 aliphatic carbocycles. The Hall–Kier alpha value is -1.35. The predicted octanol–water partition coefficient (Wildman–Crippen LogP) is 2.52. The molecule has 4 heterocycles. The molecule has 4 atom stereocenters. The quantitative estimate of drug-likeness (QED) is 0.833. The van der Waals surface area contributed by atoms with Gasteiger partial charge in [0.1, 0.15) is 0 Å². The first-order chi connectivity index (χ1) is 10.2. The first-order valence-corrected chi connectivity index (χ1v) is 8.30. The van der Waals surface area contributed by atoms with Gasteiger partial charge in [0.2, 0.25) is 5.91 Å². The van der Waals surface area contributed by atoms with E-state index in [0.717, 1.165) is 26.1 Å². The third-order valence-corrected chi connectivity index (χ3v) is 5.67. The van der Waals surface area contributed by atoms with Gasteiger partial charge >= 0.3 is 0 Å². The molecule has 0 unspecified atom stereocenters. The van der Waals surface area contributed by atoms with Crippen molar-refractivity contribution in [2.24, 2.45) is 11.8 Å². The summed E-state index contributed by atoms with van der Waals surface area (Å²) in [5, 5.41) is 0. The number of carbonyl (C=O) groups is 1. The molecule has 2 bridgehead atoms. The minimum atomic E-state index is 0.394. The summed E-state index contributed by atoms with van der Waals surface area (Å²) in [6.07, 6.45) is 3.31. The van der Waals surface area contributed by atoms with Crippen molar-refractivity contribution in [1.29, 1.82) is 0 Å². The number of rotatable bonds is 2. The molecule has 112 valence electrons. The largest absolute Gasteiger partial charge is 0.338 e. The predicted molar refractivity (Wildman–Crippen MR) is 82.6 cm³/mol. The number of hydrogen-bond acceptors (Lipinski definition) is 2. The number of nitrogens with zero attached hydrogens (tertiary/aromatic N) is 2. The Morgan fingerprint density at radius 3 is 2.76 bits per heavy atom. The maximum Gasteiger partial charge on any atom is 0.223 e. The first-order valence-electron chi connectivity index (χ1n) is 8.30. The van der Waals surface area contributed by atoms with Crippen LogP contribution in [0.15, 0.2) is 30.3 Å². The lowest BCUT2D eigenvalue weighted by Gasteiger charge is -2.40. The molecule has 0 saturated carbocycles. The summed E-state index contributed by atoms with van der Waals surface area (Å²) in [6, 6.07) is 11.8. The molecule has 21 heavy (non-hydrogen) atoms. The zero-order valence-corrected chi connectivity index (χ0v) is 12.7. The summed E-state index contributed by atoms with van der Waals surface area (Å²) in [5.41, 5.74) is 1.40. The van der Waals surface area contributed by atoms with Gasteiger partial charge in [0, 0.05) is 32.1 Å². The van der Waals surface area contributed by atoms with Crippen LogP contribution in [0, 0.1) is 11.8 Å². The van der Waals surface area contributed by atoms with E-state index in [9.17, 15) is 4.79 Å². The number of benzene rings is 1. The zero-order chi connectivity index (χ0) is 14.4. The average molecular weight is 284 g/mol. The van der Waals surface area contributed by atoms with Gasteiger partial charge < -0.3 is 4.90 Å². The second-order valence-electron chi connectivity index (χ2n) is 7.14. The van der Waals surface area contributed by atoms with Crippen molar-refractivity contribution in [2.75, 3.05) is 13.1 Å². The molecule has 4 aliphatic rings. The summed E-state index contributed by atoms with van der Waals surface area (Å²) in [4.78, 5) is 17.1. The summed E-state index contributed by atoms with van der Waals surface area (Å²) in [5.74, 6) is 1.58. The molecule has 4 aliphatic heterocycles. The molecule has 3 nitrogen and oxygen atoms in total. The van der Waals surface area contributed by atoms with Crippen LogP contribution in [0.1, 0.15) is 31.7 Å². The Morgan fingerprint density at radius 2 is 1.95 bits per heavy atom. The molecule has 1 aromatic carbocycles. The summed E-state index contributed by atoms with van der Waals surface area (Å²) >= 11 is 0. The van der Waals surface area contributed by atoms with Gasteiger partial charge in [-0.1, -0.05) is 37.3 Å². The van der Waals surface area contributed by atoms with Crippen molar-refractivity contribution in [3.63, 3.8) is 0 Å². The Morgan fingerprint density at radius 1 is 1.14 bits per heavy atom. The van der Waals surface area contributed by atoms with E-state index >= 15 is 0 Å². The lowest BCUT2D eigenvalue weighted by atomic mass is 9.87. The SMILES string of the molecule is C[C@H]1CC(=O)N2C[C@@H]3CC[C@H]([C@H]12)N(Cc1ccccc1)C3. The van der Waals surface area contributed by atoms with Gasteiger partial charge in [0.25, 0.3) is 0 Å². The molecule has 4 fully saturated rings. The number of carbonyl (C=O) groups excluding carboxylic acids is 1. The third-order valence-electron chi connectivity index (χ3n) is 5.67. The van der Waals surface area contributed by atoms with Gasteiger partial charge in [-0.25, -0.2) is 0 Å². The van der Waals surface area contributed by atoms with E-state index in [1.165, 1.54) is 18.4 Å². The molecule has 0 aromatic heterocycles. The van der Waals surface area contributed by atoms with Gasteiger partial charge in [-0.3, -0.25) is 9.69 Å². The molecular formula is C18H24N2O. The van der Waals surface area contributed by atoms with Gasteiger partial charge in [0.05, 0.1) is 6.04 Å². The van der Waals surface area contributed by atoms with Crippen LogP contribution >= 0.6 is 0 Å². The van der Waals surface area contributed by atoms with E-state index in [2.05, 4.69) is 47.1 Å². The maximum atomic E-state index is 12.3. The molecule has 1 aromatic rings. The van der Waals surface area contributed by atoms with Crippen molar-refractivity contribution in [3.8, 4) is 0 Å². The van der Waals surface area contributed by atoms with Gasteiger partial charge in [-0.05, 0) is 30.2 Å². The van der Waals surface area contributed by atoms with Crippen molar-refractivity contribution in [1.82, 2.24) is 9.80 Å². The first kappa shape index (κ1) is 13.3. The fourth-order valence-electron chi connectivity index (χ4n) is 4.76. The van der Waals surface area contributed by atoms with Crippen molar-refractivity contribution < 1.29 is 4.79 Å². The second-order valence-corrected chi connectivity index (χ2v) is 7.14. The molecule has 0 spiro atoms. The monoisotopic (exact) mass is 284 g/mol. The summed E-state index contributed by atoms with van der Waals surface area (Å²) < 4.78 is 0. The Kier molecular flexibility index (Phi) is 3.26. The normalized spacial score (nSPS) is 35.9. The van der Waals surface area contributed by atoms with E-state index < -0.39 is 0 Å². The summed E-state index contributed by atoms with van der Waals surface area (Å²) in [6.45, 7) is 5.46. The fraction of sp³-hybridized carbons (Fsp3) is 0.611. The zero-order valence-electron chi connectivity index (χ0n) is 12.7. The molecule has 1 amide bonds. The molecule has 5 rings (SSSR count).